The molecule has 0 aliphatic rings. The zero-order chi connectivity index (χ0) is 14.7. The van der Waals surface area contributed by atoms with Crippen LogP contribution in [0.1, 0.15) is 22.8 Å². The average molecular weight is 293 g/mol. The molecule has 1 aromatic heterocycles. The van der Waals surface area contributed by atoms with E-state index in [0.717, 1.165) is 0 Å². The van der Waals surface area contributed by atoms with E-state index in [-0.39, 0.29) is 12.3 Å². The third-order valence-electron chi connectivity index (χ3n) is 2.95. The monoisotopic (exact) mass is 292 g/mol. The molecule has 0 fully saturated rings. The summed E-state index contributed by atoms with van der Waals surface area (Å²) < 4.78 is 1.19. The molecule has 1 aromatic carbocycles. The number of halogens is 1. The van der Waals surface area contributed by atoms with Crippen molar-refractivity contribution < 1.29 is 4.79 Å². The number of nitrogens with one attached hydrogen (secondary N) is 1. The smallest absolute Gasteiger partial charge is 0.293 e. The van der Waals surface area contributed by atoms with Crippen molar-refractivity contribution in [2.24, 2.45) is 0 Å². The van der Waals surface area contributed by atoms with Crippen molar-refractivity contribution in [3.8, 4) is 0 Å². The Bertz CT molecular complexity index is 761. The second-order valence-corrected chi connectivity index (χ2v) is 4.71. The van der Waals surface area contributed by atoms with Gasteiger partial charge in [0.2, 0.25) is 0 Å². The first-order valence-corrected chi connectivity index (χ1v) is 6.51. The Kier molecular flexibility index (Phi) is 4.20. The number of ketones is 1. The van der Waals surface area contributed by atoms with Gasteiger partial charge in [0.05, 0.1) is 11.6 Å². The highest BCUT2D eigenvalue weighted by Gasteiger charge is 2.12. The Morgan fingerprint density at radius 2 is 2.00 bits per heavy atom. The van der Waals surface area contributed by atoms with Crippen molar-refractivity contribution >= 4 is 17.4 Å². The van der Waals surface area contributed by atoms with Gasteiger partial charge in [-0.2, -0.15) is 0 Å². The summed E-state index contributed by atoms with van der Waals surface area (Å²) in [7, 11) is 0. The first kappa shape index (κ1) is 14.3. The number of aromatic nitrogens is 2. The van der Waals surface area contributed by atoms with Crippen molar-refractivity contribution in [3.63, 3.8) is 0 Å². The van der Waals surface area contributed by atoms with Gasteiger partial charge in [0, 0.05) is 17.3 Å². The largest absolute Gasteiger partial charge is 0.328 e. The predicted molar refractivity (Wildman–Crippen MR) is 76.5 cm³/mol. The molecule has 0 saturated carbocycles. The van der Waals surface area contributed by atoms with Gasteiger partial charge in [-0.25, -0.2) is 4.79 Å². The highest BCUT2D eigenvalue weighted by atomic mass is 35.5. The number of aryl methyl sites for hydroxylation is 1. The van der Waals surface area contributed by atoms with Gasteiger partial charge in [-0.05, 0) is 18.6 Å². The van der Waals surface area contributed by atoms with Crippen LogP contribution < -0.4 is 11.2 Å². The number of hydrogen-bond acceptors (Lipinski definition) is 3. The Morgan fingerprint density at radius 3 is 2.65 bits per heavy atom. The number of Topliss-reactive ketones (excluding diaryl/α,β-unsaturated/α-hetero) is 1. The van der Waals surface area contributed by atoms with E-state index in [1.165, 1.54) is 10.8 Å². The molecule has 0 aliphatic carbocycles. The molecule has 0 atom stereocenters. The van der Waals surface area contributed by atoms with Crippen LogP contribution in [0.4, 0.5) is 0 Å². The molecule has 1 heterocycles. The molecule has 20 heavy (non-hydrogen) atoms. The fraction of sp³-hybridized carbons (Fsp3) is 0.214. The third-order valence-corrected chi connectivity index (χ3v) is 3.28. The van der Waals surface area contributed by atoms with E-state index in [4.69, 9.17) is 11.6 Å². The molecule has 0 bridgehead atoms. The van der Waals surface area contributed by atoms with Crippen LogP contribution in [0.5, 0.6) is 0 Å². The minimum Gasteiger partial charge on any atom is -0.293 e. The lowest BCUT2D eigenvalue weighted by atomic mass is 10.1. The van der Waals surface area contributed by atoms with Gasteiger partial charge < -0.3 is 0 Å². The Hall–Kier alpha value is -2.14. The molecule has 2 rings (SSSR count). The number of H-pyrrole nitrogens is 1. The first-order valence-electron chi connectivity index (χ1n) is 6.13. The van der Waals surface area contributed by atoms with Crippen molar-refractivity contribution in [1.29, 1.82) is 0 Å². The van der Waals surface area contributed by atoms with E-state index in [1.807, 2.05) is 0 Å². The van der Waals surface area contributed by atoms with E-state index < -0.39 is 11.2 Å². The molecule has 0 saturated heterocycles. The second-order valence-electron chi connectivity index (χ2n) is 4.30. The predicted octanol–water partition coefficient (Wildman–Crippen LogP) is 1.64. The van der Waals surface area contributed by atoms with Crippen molar-refractivity contribution in [1.82, 2.24) is 9.55 Å². The summed E-state index contributed by atoms with van der Waals surface area (Å²) in [6.45, 7) is 1.64. The number of benzene rings is 1. The minimum absolute atomic E-state index is 0.160. The van der Waals surface area contributed by atoms with Crippen LogP contribution in [-0.4, -0.2) is 15.3 Å². The van der Waals surface area contributed by atoms with Gasteiger partial charge in [-0.15, -0.1) is 0 Å². The molecule has 104 valence electrons. The molecule has 6 heteroatoms. The normalized spacial score (nSPS) is 10.5. The van der Waals surface area contributed by atoms with Crippen LogP contribution in [-0.2, 0) is 13.0 Å². The van der Waals surface area contributed by atoms with E-state index in [2.05, 4.69) is 4.98 Å². The summed E-state index contributed by atoms with van der Waals surface area (Å²) in [6.07, 6.45) is 1.89. The maximum atomic E-state index is 12.1. The zero-order valence-electron chi connectivity index (χ0n) is 10.9. The van der Waals surface area contributed by atoms with Crippen LogP contribution in [0.25, 0.3) is 0 Å². The topological polar surface area (TPSA) is 71.9 Å². The van der Waals surface area contributed by atoms with E-state index in [0.29, 0.717) is 22.6 Å². The molecule has 0 amide bonds. The molecule has 0 spiro atoms. The van der Waals surface area contributed by atoms with E-state index in [1.54, 1.807) is 31.2 Å². The lowest BCUT2D eigenvalue weighted by Gasteiger charge is -2.07. The van der Waals surface area contributed by atoms with Gasteiger partial charge in [0.25, 0.3) is 5.56 Å². The maximum absolute atomic E-state index is 12.1. The molecule has 1 N–H and O–H groups in total. The van der Waals surface area contributed by atoms with Gasteiger partial charge >= 0.3 is 5.69 Å². The van der Waals surface area contributed by atoms with Gasteiger partial charge in [0.15, 0.2) is 5.78 Å². The molecular formula is C14H13ClN2O3. The lowest BCUT2D eigenvalue weighted by molar-refractivity contribution is 0.0970. The number of carbonyl (C=O) groups excluding carboxylic acids is 1. The first-order chi connectivity index (χ1) is 9.52. The summed E-state index contributed by atoms with van der Waals surface area (Å²) in [4.78, 5) is 37.5. The lowest BCUT2D eigenvalue weighted by Crippen LogP contribution is -2.33. The number of rotatable bonds is 4. The molecule has 0 aliphatic heterocycles. The van der Waals surface area contributed by atoms with Crippen LogP contribution in [0.15, 0.2) is 40.1 Å². The third kappa shape index (κ3) is 2.88. The molecule has 0 unspecified atom stereocenters. The molecule has 5 nitrogen and oxygen atoms in total. The number of hydrogen-bond donors (Lipinski definition) is 1. The number of carbonyl (C=O) groups is 1. The quantitative estimate of drug-likeness (QED) is 0.871. The summed E-state index contributed by atoms with van der Waals surface area (Å²) in [6, 6.07) is 6.64. The van der Waals surface area contributed by atoms with Gasteiger partial charge in [0.1, 0.15) is 0 Å². The fourth-order valence-electron chi connectivity index (χ4n) is 1.85. The molecule has 0 radical (unpaired) electrons. The summed E-state index contributed by atoms with van der Waals surface area (Å²) in [5.41, 5.74) is -0.214. The average Bonchev–Trinajstić information content (AvgIpc) is 2.42. The highest BCUT2D eigenvalue weighted by molar-refractivity contribution is 6.33. The van der Waals surface area contributed by atoms with E-state index >= 15 is 0 Å². The SMILES string of the molecule is CCc1cn(CC(=O)c2ccccc2Cl)c(=O)[nH]c1=O. The van der Waals surface area contributed by atoms with Crippen molar-refractivity contribution in [3.05, 3.63) is 67.4 Å². The van der Waals surface area contributed by atoms with Crippen LogP contribution in [0.3, 0.4) is 0 Å². The Labute approximate surface area is 119 Å². The zero-order valence-corrected chi connectivity index (χ0v) is 11.6. The maximum Gasteiger partial charge on any atom is 0.328 e. The number of aromatic amines is 1. The fourth-order valence-corrected chi connectivity index (χ4v) is 2.09. The van der Waals surface area contributed by atoms with Gasteiger partial charge in [-0.1, -0.05) is 30.7 Å². The van der Waals surface area contributed by atoms with Crippen LogP contribution in [0.2, 0.25) is 5.02 Å². The highest BCUT2D eigenvalue weighted by Crippen LogP contribution is 2.15. The van der Waals surface area contributed by atoms with Crippen LogP contribution in [0, 0.1) is 0 Å². The van der Waals surface area contributed by atoms with Crippen molar-refractivity contribution in [2.45, 2.75) is 19.9 Å². The minimum atomic E-state index is -0.604. The molecule has 2 aromatic rings. The van der Waals surface area contributed by atoms with Gasteiger partial charge in [-0.3, -0.25) is 19.1 Å². The summed E-state index contributed by atoms with van der Waals surface area (Å²) in [5.74, 6) is -0.285. The van der Waals surface area contributed by atoms with Crippen molar-refractivity contribution in [2.75, 3.05) is 0 Å². The second kappa shape index (κ2) is 5.88. The number of nitrogens with zero attached hydrogens (tertiary/aromatic N) is 1. The summed E-state index contributed by atoms with van der Waals surface area (Å²) in [5, 5.41) is 0.339. The molecular weight excluding hydrogens is 280 g/mol. The van der Waals surface area contributed by atoms with E-state index in [9.17, 15) is 14.4 Å². The standard InChI is InChI=1S/C14H13ClN2O3/c1-2-9-7-17(14(20)16-13(9)19)8-12(18)10-5-3-4-6-11(10)15/h3-7H,2,8H2,1H3,(H,16,19,20). The van der Waals surface area contributed by atoms with Crippen LogP contribution >= 0.6 is 11.6 Å². The Morgan fingerprint density at radius 1 is 1.30 bits per heavy atom. The Balaban J connectivity index is 2.36. The summed E-state index contributed by atoms with van der Waals surface area (Å²) >= 11 is 5.94.